The van der Waals surface area contributed by atoms with Crippen LogP contribution in [0.5, 0.6) is 0 Å². The molecule has 1 saturated heterocycles. The highest BCUT2D eigenvalue weighted by Gasteiger charge is 2.38. The largest absolute Gasteiger partial charge is 0.429 e. The zero-order valence-electron chi connectivity index (χ0n) is 13.8. The van der Waals surface area contributed by atoms with Crippen LogP contribution in [-0.2, 0) is 9.53 Å². The molecule has 7 heteroatoms. The minimum Gasteiger partial charge on any atom is -0.429 e. The number of fused-ring (bicyclic) bond motifs is 1. The normalized spacial score (nSPS) is 24.6. The summed E-state index contributed by atoms with van der Waals surface area (Å²) in [6.07, 6.45) is 3.43. The molecule has 132 valence electrons. The molecule has 1 saturated carbocycles. The van der Waals surface area contributed by atoms with Gasteiger partial charge in [-0.3, -0.25) is 9.59 Å². The van der Waals surface area contributed by atoms with Crippen LogP contribution in [0.2, 0.25) is 0 Å². The number of Topliss-reactive ketones (excluding diaryl/α,β-unsaturated/α-hetero) is 1. The summed E-state index contributed by atoms with van der Waals surface area (Å²) < 4.78 is 11.0. The predicted octanol–water partition coefficient (Wildman–Crippen LogP) is 3.09. The number of amides is 1. The van der Waals surface area contributed by atoms with Crippen LogP contribution in [0.15, 0.2) is 22.6 Å². The van der Waals surface area contributed by atoms with E-state index < -0.39 is 0 Å². The average molecular weight is 360 g/mol. The molecule has 1 aliphatic heterocycles. The highest BCUT2D eigenvalue weighted by molar-refractivity contribution is 7.71. The van der Waals surface area contributed by atoms with Crippen LogP contribution in [0.1, 0.15) is 36.0 Å². The quantitative estimate of drug-likeness (QED) is 0.833. The van der Waals surface area contributed by atoms with Gasteiger partial charge in [0.1, 0.15) is 5.78 Å². The fourth-order valence-corrected chi connectivity index (χ4v) is 4.07. The Labute approximate surface area is 150 Å². The van der Waals surface area contributed by atoms with Gasteiger partial charge >= 0.3 is 0 Å². The van der Waals surface area contributed by atoms with E-state index in [9.17, 15) is 9.59 Å². The second-order valence-electron chi connectivity index (χ2n) is 6.68. The lowest BCUT2D eigenvalue weighted by molar-refractivity contribution is -0.129. The maximum Gasteiger partial charge on any atom is 0.266 e. The highest BCUT2D eigenvalue weighted by atomic mass is 32.1. The number of benzene rings is 1. The van der Waals surface area contributed by atoms with Gasteiger partial charge in [0.2, 0.25) is 0 Å². The maximum atomic E-state index is 13.1. The standard InChI is InChI=1S/C18H20N2O4S/c21-15-4-2-1-3-12(15)14-10-23-8-7-20(14)17(22)11-5-6-13-16(9-11)24-18(25)19-13/h5-6,9,12,14H,1-4,7-8,10H2,(H,19,25)/t12-,14+/m1/s1. The Hall–Kier alpha value is -1.99. The molecule has 0 bridgehead atoms. The van der Waals surface area contributed by atoms with E-state index in [0.29, 0.717) is 37.3 Å². The number of nitrogens with zero attached hydrogens (tertiary/aromatic N) is 1. The number of carbonyl (C=O) groups excluding carboxylic acids is 2. The fraction of sp³-hybridized carbons (Fsp3) is 0.500. The third-order valence-corrected chi connectivity index (χ3v) is 5.35. The minimum atomic E-state index is -0.178. The van der Waals surface area contributed by atoms with Crippen LogP contribution in [0.25, 0.3) is 11.1 Å². The number of oxazole rings is 1. The van der Waals surface area contributed by atoms with E-state index >= 15 is 0 Å². The molecular formula is C18H20N2O4S. The minimum absolute atomic E-state index is 0.0871. The molecule has 1 aromatic heterocycles. The van der Waals surface area contributed by atoms with Crippen LogP contribution < -0.4 is 0 Å². The van der Waals surface area contributed by atoms with Crippen molar-refractivity contribution in [1.82, 2.24) is 9.88 Å². The summed E-state index contributed by atoms with van der Waals surface area (Å²) in [5, 5.41) is 0. The molecule has 2 aromatic rings. The first kappa shape index (κ1) is 16.5. The number of aromatic nitrogens is 1. The molecule has 0 radical (unpaired) electrons. The van der Waals surface area contributed by atoms with Gasteiger partial charge in [0.25, 0.3) is 10.7 Å². The van der Waals surface area contributed by atoms with Crippen molar-refractivity contribution in [2.75, 3.05) is 19.8 Å². The Kier molecular flexibility index (Phi) is 4.43. The number of hydrogen-bond donors (Lipinski definition) is 1. The summed E-state index contributed by atoms with van der Waals surface area (Å²) in [6.45, 7) is 1.42. The number of ether oxygens (including phenoxy) is 1. The van der Waals surface area contributed by atoms with Gasteiger partial charge in [0.05, 0.1) is 24.8 Å². The van der Waals surface area contributed by atoms with Gasteiger partial charge in [0.15, 0.2) is 5.58 Å². The first-order chi connectivity index (χ1) is 12.1. The SMILES string of the molecule is O=C1CCCC[C@@H]1[C@@H]1COCCN1C(=O)c1ccc2[nH]c(=S)oc2c1. The number of aromatic amines is 1. The van der Waals surface area contributed by atoms with E-state index in [2.05, 4.69) is 4.98 Å². The van der Waals surface area contributed by atoms with E-state index in [1.165, 1.54) is 0 Å². The summed E-state index contributed by atoms with van der Waals surface area (Å²) in [5.74, 6) is 0.0557. The van der Waals surface area contributed by atoms with Crippen molar-refractivity contribution in [3.8, 4) is 0 Å². The van der Waals surface area contributed by atoms with Crippen LogP contribution in [0.4, 0.5) is 0 Å². The molecule has 2 atom stereocenters. The predicted molar refractivity (Wildman–Crippen MR) is 94.0 cm³/mol. The zero-order chi connectivity index (χ0) is 17.4. The summed E-state index contributed by atoms with van der Waals surface area (Å²) in [6, 6.07) is 5.09. The van der Waals surface area contributed by atoms with Gasteiger partial charge in [-0.05, 0) is 43.3 Å². The molecule has 6 nitrogen and oxygen atoms in total. The monoisotopic (exact) mass is 360 g/mol. The van der Waals surface area contributed by atoms with Crippen LogP contribution >= 0.6 is 12.2 Å². The lowest BCUT2D eigenvalue weighted by Crippen LogP contribution is -2.54. The number of H-pyrrole nitrogens is 1. The van der Waals surface area contributed by atoms with E-state index in [1.807, 2.05) is 0 Å². The number of hydrogen-bond acceptors (Lipinski definition) is 5. The van der Waals surface area contributed by atoms with Crippen molar-refractivity contribution in [2.45, 2.75) is 31.7 Å². The number of morpholine rings is 1. The Balaban J connectivity index is 1.63. The Morgan fingerprint density at radius 1 is 1.32 bits per heavy atom. The molecule has 0 unspecified atom stereocenters. The number of ketones is 1. The third-order valence-electron chi connectivity index (χ3n) is 5.16. The van der Waals surface area contributed by atoms with Crippen molar-refractivity contribution in [2.24, 2.45) is 5.92 Å². The van der Waals surface area contributed by atoms with E-state index in [4.69, 9.17) is 21.4 Å². The van der Waals surface area contributed by atoms with Crippen LogP contribution in [0.3, 0.4) is 0 Å². The smallest absolute Gasteiger partial charge is 0.266 e. The Morgan fingerprint density at radius 3 is 3.04 bits per heavy atom. The lowest BCUT2D eigenvalue weighted by atomic mass is 9.82. The molecule has 1 amide bonds. The molecule has 2 aliphatic rings. The van der Waals surface area contributed by atoms with Gasteiger partial charge < -0.3 is 19.0 Å². The topological polar surface area (TPSA) is 75.5 Å². The van der Waals surface area contributed by atoms with Crippen molar-refractivity contribution in [1.29, 1.82) is 0 Å². The van der Waals surface area contributed by atoms with Gasteiger partial charge in [0, 0.05) is 24.4 Å². The third kappa shape index (κ3) is 3.14. The van der Waals surface area contributed by atoms with Gasteiger partial charge in [-0.15, -0.1) is 0 Å². The second-order valence-corrected chi connectivity index (χ2v) is 7.06. The Morgan fingerprint density at radius 2 is 2.20 bits per heavy atom. The molecule has 2 heterocycles. The lowest BCUT2D eigenvalue weighted by Gasteiger charge is -2.40. The van der Waals surface area contributed by atoms with Crippen LogP contribution in [-0.4, -0.2) is 47.4 Å². The maximum absolute atomic E-state index is 13.1. The molecule has 4 rings (SSSR count). The van der Waals surface area contributed by atoms with Crippen molar-refractivity contribution in [3.05, 3.63) is 28.6 Å². The first-order valence-corrected chi connectivity index (χ1v) is 9.08. The molecule has 25 heavy (non-hydrogen) atoms. The molecule has 1 N–H and O–H groups in total. The van der Waals surface area contributed by atoms with Crippen molar-refractivity contribution < 1.29 is 18.7 Å². The second kappa shape index (κ2) is 6.72. The van der Waals surface area contributed by atoms with Crippen LogP contribution in [0, 0.1) is 10.8 Å². The Bertz CT molecular complexity index is 871. The summed E-state index contributed by atoms with van der Waals surface area (Å²) >= 11 is 4.99. The summed E-state index contributed by atoms with van der Waals surface area (Å²) in [4.78, 5) is 30.5. The van der Waals surface area contributed by atoms with Crippen molar-refractivity contribution in [3.63, 3.8) is 0 Å². The average Bonchev–Trinajstić information content (AvgIpc) is 3.00. The molecule has 1 aliphatic carbocycles. The number of rotatable bonds is 2. The fourth-order valence-electron chi connectivity index (χ4n) is 3.87. The van der Waals surface area contributed by atoms with Gasteiger partial charge in [-0.2, -0.15) is 0 Å². The van der Waals surface area contributed by atoms with Gasteiger partial charge in [-0.1, -0.05) is 6.42 Å². The highest BCUT2D eigenvalue weighted by Crippen LogP contribution is 2.29. The first-order valence-electron chi connectivity index (χ1n) is 8.68. The molecule has 1 aromatic carbocycles. The van der Waals surface area contributed by atoms with Gasteiger partial charge in [-0.25, -0.2) is 0 Å². The number of nitrogens with one attached hydrogen (secondary N) is 1. The molecule has 0 spiro atoms. The van der Waals surface area contributed by atoms with E-state index in [0.717, 1.165) is 24.8 Å². The molecule has 2 fully saturated rings. The summed E-state index contributed by atoms with van der Waals surface area (Å²) in [5.41, 5.74) is 1.87. The van der Waals surface area contributed by atoms with E-state index in [1.54, 1.807) is 23.1 Å². The van der Waals surface area contributed by atoms with E-state index in [-0.39, 0.29) is 28.5 Å². The van der Waals surface area contributed by atoms with Crippen molar-refractivity contribution >= 4 is 35.0 Å². The molecular weight excluding hydrogens is 340 g/mol. The zero-order valence-corrected chi connectivity index (χ0v) is 14.6. The summed E-state index contributed by atoms with van der Waals surface area (Å²) in [7, 11) is 0. The number of carbonyl (C=O) groups is 2.